The number of Topliss-reactive ketones (excluding diaryl/α,β-unsaturated/α-hetero) is 1. The third kappa shape index (κ3) is 3.12. The Labute approximate surface area is 222 Å². The van der Waals surface area contributed by atoms with Gasteiger partial charge in [-0.05, 0) is 78.9 Å². The van der Waals surface area contributed by atoms with Gasteiger partial charge in [0.25, 0.3) is 0 Å². The predicted molar refractivity (Wildman–Crippen MR) is 140 cm³/mol. The number of carbonyl (C=O) groups is 3. The van der Waals surface area contributed by atoms with Crippen LogP contribution in [0.5, 0.6) is 0 Å². The number of fused-ring (bicyclic) bond motifs is 6. The van der Waals surface area contributed by atoms with Gasteiger partial charge in [-0.1, -0.05) is 55.4 Å². The molecule has 5 fully saturated rings. The Morgan fingerprint density at radius 1 is 0.730 bits per heavy atom. The first-order valence-electron chi connectivity index (χ1n) is 14.7. The van der Waals surface area contributed by atoms with E-state index >= 15 is 0 Å². The van der Waals surface area contributed by atoms with E-state index in [9.17, 15) is 14.4 Å². The summed E-state index contributed by atoms with van der Waals surface area (Å²) in [5.41, 5.74) is 0.493. The molecule has 204 valence electrons. The number of ether oxygens (including phenoxy) is 2. The molecule has 5 nitrogen and oxygen atoms in total. The second-order valence-electron chi connectivity index (χ2n) is 15.8. The fraction of sp³-hybridized carbons (Fsp3) is 0.844. The van der Waals surface area contributed by atoms with E-state index in [0.717, 1.165) is 32.1 Å². The van der Waals surface area contributed by atoms with Gasteiger partial charge in [0.1, 0.15) is 18.0 Å². The molecule has 8 atom stereocenters. The summed E-state index contributed by atoms with van der Waals surface area (Å²) in [6.45, 7) is 17.8. The molecule has 37 heavy (non-hydrogen) atoms. The van der Waals surface area contributed by atoms with Crippen LogP contribution in [0.15, 0.2) is 11.1 Å². The van der Waals surface area contributed by atoms with Crippen molar-refractivity contribution in [2.45, 2.75) is 119 Å². The molecule has 7 aliphatic rings. The summed E-state index contributed by atoms with van der Waals surface area (Å²) < 4.78 is 12.6. The second kappa shape index (κ2) is 7.50. The standard InChI is InChI=1S/C32H46O5/c1-28(2)16-17-13-20(33)25(28)24(27(35)37-22-15-19-10-12-32(22,8)30(19,5)6)23(17)26(34)36-21-14-18-9-11-31(21,7)29(18,3)4/h17-19,21-22,25H,9-16H2,1-8H3. The van der Waals surface area contributed by atoms with Crippen LogP contribution in [0.3, 0.4) is 0 Å². The van der Waals surface area contributed by atoms with Crippen LogP contribution >= 0.6 is 0 Å². The Hall–Kier alpha value is -1.65. The van der Waals surface area contributed by atoms with E-state index in [1.807, 2.05) is 0 Å². The molecule has 0 aromatic rings. The lowest BCUT2D eigenvalue weighted by Crippen LogP contribution is -2.50. The summed E-state index contributed by atoms with van der Waals surface area (Å²) in [6.07, 6.45) is 6.93. The summed E-state index contributed by atoms with van der Waals surface area (Å²) in [5.74, 6) is -0.531. The maximum atomic E-state index is 14.0. The van der Waals surface area contributed by atoms with Crippen molar-refractivity contribution < 1.29 is 23.9 Å². The van der Waals surface area contributed by atoms with Crippen LogP contribution in [0, 0.1) is 50.7 Å². The molecule has 0 aromatic heterocycles. The molecule has 0 heterocycles. The monoisotopic (exact) mass is 510 g/mol. The number of hydrogen-bond donors (Lipinski definition) is 0. The first kappa shape index (κ1) is 25.6. The van der Waals surface area contributed by atoms with Gasteiger partial charge < -0.3 is 9.47 Å². The summed E-state index contributed by atoms with van der Waals surface area (Å²) >= 11 is 0. The molecule has 5 heteroatoms. The van der Waals surface area contributed by atoms with Crippen LogP contribution in [-0.2, 0) is 23.9 Å². The predicted octanol–water partition coefficient (Wildman–Crippen LogP) is 6.43. The molecule has 8 unspecified atom stereocenters. The van der Waals surface area contributed by atoms with Crippen molar-refractivity contribution in [2.24, 2.45) is 50.7 Å². The maximum Gasteiger partial charge on any atom is 0.335 e. The van der Waals surface area contributed by atoms with Gasteiger partial charge in [0, 0.05) is 17.3 Å². The smallest absolute Gasteiger partial charge is 0.335 e. The average Bonchev–Trinajstić information content (AvgIpc) is 3.29. The highest BCUT2D eigenvalue weighted by atomic mass is 16.6. The summed E-state index contributed by atoms with van der Waals surface area (Å²) in [6, 6.07) is 0. The van der Waals surface area contributed by atoms with Crippen LogP contribution < -0.4 is 0 Å². The molecule has 7 aliphatic carbocycles. The van der Waals surface area contributed by atoms with E-state index in [1.165, 1.54) is 12.8 Å². The van der Waals surface area contributed by atoms with Gasteiger partial charge in [-0.25, -0.2) is 9.59 Å². The minimum atomic E-state index is -0.598. The van der Waals surface area contributed by atoms with Crippen molar-refractivity contribution in [1.82, 2.24) is 0 Å². The molecule has 0 saturated heterocycles. The van der Waals surface area contributed by atoms with Gasteiger partial charge in [-0.3, -0.25) is 4.79 Å². The van der Waals surface area contributed by atoms with Gasteiger partial charge in [-0.2, -0.15) is 0 Å². The molecule has 0 aromatic carbocycles. The number of esters is 2. The van der Waals surface area contributed by atoms with Crippen LogP contribution in [0.25, 0.3) is 0 Å². The lowest BCUT2D eigenvalue weighted by atomic mass is 9.54. The number of carbonyl (C=O) groups excluding carboxylic acids is 3. The first-order valence-corrected chi connectivity index (χ1v) is 14.7. The van der Waals surface area contributed by atoms with E-state index in [1.54, 1.807) is 0 Å². The molecule has 0 spiro atoms. The van der Waals surface area contributed by atoms with Crippen molar-refractivity contribution in [2.75, 3.05) is 0 Å². The van der Waals surface area contributed by atoms with Crippen molar-refractivity contribution in [3.8, 4) is 0 Å². The summed E-state index contributed by atoms with van der Waals surface area (Å²) in [5, 5.41) is 0. The van der Waals surface area contributed by atoms with E-state index < -0.39 is 11.9 Å². The quantitative estimate of drug-likeness (QED) is 0.407. The van der Waals surface area contributed by atoms with Crippen molar-refractivity contribution in [3.63, 3.8) is 0 Å². The zero-order valence-corrected chi connectivity index (χ0v) is 24.2. The summed E-state index contributed by atoms with van der Waals surface area (Å²) in [4.78, 5) is 41.2. The normalized spacial score (nSPS) is 46.0. The minimum Gasteiger partial charge on any atom is -0.458 e. The topological polar surface area (TPSA) is 69.7 Å². The van der Waals surface area contributed by atoms with E-state index in [4.69, 9.17) is 9.47 Å². The maximum absolute atomic E-state index is 14.0. The highest BCUT2D eigenvalue weighted by molar-refractivity contribution is 6.08. The van der Waals surface area contributed by atoms with Gasteiger partial charge in [0.2, 0.25) is 0 Å². The molecule has 6 bridgehead atoms. The Morgan fingerprint density at radius 2 is 1.19 bits per heavy atom. The fourth-order valence-electron chi connectivity index (χ4n) is 10.3. The Bertz CT molecular complexity index is 1110. The average molecular weight is 511 g/mol. The van der Waals surface area contributed by atoms with Crippen LogP contribution in [0.1, 0.15) is 107 Å². The van der Waals surface area contributed by atoms with Crippen LogP contribution in [-0.4, -0.2) is 29.9 Å². The Kier molecular flexibility index (Phi) is 5.20. The van der Waals surface area contributed by atoms with Gasteiger partial charge >= 0.3 is 11.9 Å². The molecule has 0 aliphatic heterocycles. The van der Waals surface area contributed by atoms with E-state index in [-0.39, 0.29) is 57.0 Å². The van der Waals surface area contributed by atoms with E-state index in [0.29, 0.717) is 29.4 Å². The largest absolute Gasteiger partial charge is 0.458 e. The molecular formula is C32H46O5. The lowest BCUT2D eigenvalue weighted by molar-refractivity contribution is -0.160. The van der Waals surface area contributed by atoms with E-state index in [2.05, 4.69) is 55.4 Å². The van der Waals surface area contributed by atoms with Gasteiger partial charge in [0.05, 0.1) is 17.1 Å². The second-order valence-corrected chi connectivity index (χ2v) is 15.8. The van der Waals surface area contributed by atoms with Crippen molar-refractivity contribution >= 4 is 17.7 Å². The molecule has 0 N–H and O–H groups in total. The number of ketones is 1. The third-order valence-corrected chi connectivity index (χ3v) is 13.7. The van der Waals surface area contributed by atoms with Crippen molar-refractivity contribution in [1.29, 1.82) is 0 Å². The highest BCUT2D eigenvalue weighted by Gasteiger charge is 2.65. The molecule has 5 saturated carbocycles. The van der Waals surface area contributed by atoms with Crippen LogP contribution in [0.2, 0.25) is 0 Å². The zero-order valence-electron chi connectivity index (χ0n) is 24.2. The number of hydrogen-bond acceptors (Lipinski definition) is 5. The molecular weight excluding hydrogens is 464 g/mol. The number of rotatable bonds is 4. The third-order valence-electron chi connectivity index (χ3n) is 13.7. The van der Waals surface area contributed by atoms with Crippen LogP contribution in [0.4, 0.5) is 0 Å². The Morgan fingerprint density at radius 3 is 1.57 bits per heavy atom. The lowest BCUT2D eigenvalue weighted by Gasteiger charge is -2.48. The summed E-state index contributed by atoms with van der Waals surface area (Å²) in [7, 11) is 0. The molecule has 0 amide bonds. The van der Waals surface area contributed by atoms with Gasteiger partial charge in [-0.15, -0.1) is 0 Å². The van der Waals surface area contributed by atoms with Gasteiger partial charge in [0.15, 0.2) is 0 Å². The zero-order chi connectivity index (χ0) is 26.9. The molecule has 0 radical (unpaired) electrons. The van der Waals surface area contributed by atoms with Crippen molar-refractivity contribution in [3.05, 3.63) is 11.1 Å². The first-order chi connectivity index (χ1) is 17.0. The highest BCUT2D eigenvalue weighted by Crippen LogP contribution is 2.68. The SMILES string of the molecule is CC1(C)CC2CC(=O)C1C(C(=O)OC1CC3CCC1(C)C3(C)C)=C2C(=O)OC1CC2CCC1(C)C2(C)C. The Balaban J connectivity index is 1.33. The fourth-order valence-corrected chi connectivity index (χ4v) is 10.3. The minimum absolute atomic E-state index is 0.0550. The molecule has 7 rings (SSSR count).